The summed E-state index contributed by atoms with van der Waals surface area (Å²) in [6.07, 6.45) is 7.52. The smallest absolute Gasteiger partial charge is 0.225 e. The van der Waals surface area contributed by atoms with E-state index >= 15 is 0 Å². The largest absolute Gasteiger partial charge is 0.338 e. The van der Waals surface area contributed by atoms with Crippen LogP contribution in [0.1, 0.15) is 26.2 Å². The highest BCUT2D eigenvalue weighted by atomic mass is 15.3. The Bertz CT molecular complexity index is 362. The lowest BCUT2D eigenvalue weighted by Gasteiger charge is -2.34. The average Bonchev–Trinajstić information content (AvgIpc) is 2.52. The summed E-state index contributed by atoms with van der Waals surface area (Å²) < 4.78 is 0. The summed E-state index contributed by atoms with van der Waals surface area (Å²) in [6, 6.07) is 2.51. The molecular weight excluding hydrogens is 250 g/mol. The Kier molecular flexibility index (Phi) is 6.21. The fourth-order valence-electron chi connectivity index (χ4n) is 2.56. The van der Waals surface area contributed by atoms with Crippen LogP contribution in [0.25, 0.3) is 0 Å². The lowest BCUT2D eigenvalue weighted by molar-refractivity contribution is 0.250. The molecule has 5 heteroatoms. The Morgan fingerprint density at radius 2 is 1.85 bits per heavy atom. The van der Waals surface area contributed by atoms with Gasteiger partial charge in [-0.15, -0.1) is 0 Å². The molecule has 1 saturated heterocycles. The standard InChI is InChI=1S/C15H27N5/c1-14(16-2)6-3-4-9-19-10-12-20(13-11-19)15-17-7-5-8-18-15/h5,7-8,14,16H,3-4,6,9-13H2,1-2H3. The molecule has 0 bridgehead atoms. The molecule has 0 aromatic carbocycles. The molecule has 1 aliphatic rings. The topological polar surface area (TPSA) is 44.3 Å². The molecule has 0 amide bonds. The maximum absolute atomic E-state index is 4.32. The van der Waals surface area contributed by atoms with Gasteiger partial charge in [-0.1, -0.05) is 6.42 Å². The van der Waals surface area contributed by atoms with Gasteiger partial charge in [0, 0.05) is 44.6 Å². The lowest BCUT2D eigenvalue weighted by atomic mass is 10.1. The van der Waals surface area contributed by atoms with Crippen LogP contribution in [-0.2, 0) is 0 Å². The summed E-state index contributed by atoms with van der Waals surface area (Å²) >= 11 is 0. The van der Waals surface area contributed by atoms with Gasteiger partial charge in [-0.3, -0.25) is 4.90 Å². The number of nitrogens with one attached hydrogen (secondary N) is 1. The molecule has 1 N–H and O–H groups in total. The number of hydrogen-bond donors (Lipinski definition) is 1. The molecule has 1 fully saturated rings. The molecule has 0 spiro atoms. The van der Waals surface area contributed by atoms with Crippen LogP contribution in [0.15, 0.2) is 18.5 Å². The van der Waals surface area contributed by atoms with Crippen LogP contribution in [0.3, 0.4) is 0 Å². The summed E-state index contributed by atoms with van der Waals surface area (Å²) in [4.78, 5) is 13.5. The third kappa shape index (κ3) is 4.72. The van der Waals surface area contributed by atoms with Crippen LogP contribution in [0.5, 0.6) is 0 Å². The number of nitrogens with zero attached hydrogens (tertiary/aromatic N) is 4. The molecule has 0 aliphatic carbocycles. The van der Waals surface area contributed by atoms with Crippen molar-refractivity contribution >= 4 is 5.95 Å². The summed E-state index contributed by atoms with van der Waals surface area (Å²) in [5.74, 6) is 0.870. The molecule has 1 unspecified atom stereocenters. The van der Waals surface area contributed by atoms with Crippen molar-refractivity contribution in [1.29, 1.82) is 0 Å². The minimum absolute atomic E-state index is 0.641. The zero-order valence-corrected chi connectivity index (χ0v) is 12.8. The van der Waals surface area contributed by atoms with Crippen molar-refractivity contribution in [2.45, 2.75) is 32.2 Å². The first kappa shape index (κ1) is 15.2. The van der Waals surface area contributed by atoms with E-state index in [9.17, 15) is 0 Å². The Morgan fingerprint density at radius 1 is 1.15 bits per heavy atom. The van der Waals surface area contributed by atoms with Gasteiger partial charge in [0.1, 0.15) is 0 Å². The number of hydrogen-bond acceptors (Lipinski definition) is 5. The van der Waals surface area contributed by atoms with Crippen LogP contribution in [0.4, 0.5) is 5.95 Å². The highest BCUT2D eigenvalue weighted by molar-refractivity contribution is 5.29. The molecule has 0 radical (unpaired) electrons. The molecule has 112 valence electrons. The predicted molar refractivity (Wildman–Crippen MR) is 83.1 cm³/mol. The number of aromatic nitrogens is 2. The maximum atomic E-state index is 4.32. The van der Waals surface area contributed by atoms with E-state index in [0.717, 1.165) is 32.1 Å². The van der Waals surface area contributed by atoms with E-state index in [0.29, 0.717) is 6.04 Å². The van der Waals surface area contributed by atoms with Crippen molar-refractivity contribution in [2.75, 3.05) is 44.7 Å². The van der Waals surface area contributed by atoms with E-state index < -0.39 is 0 Å². The Balaban J connectivity index is 1.62. The Morgan fingerprint density at radius 3 is 2.50 bits per heavy atom. The van der Waals surface area contributed by atoms with Crippen LogP contribution in [0.2, 0.25) is 0 Å². The Hall–Kier alpha value is -1.20. The van der Waals surface area contributed by atoms with Gasteiger partial charge in [-0.25, -0.2) is 9.97 Å². The summed E-state index contributed by atoms with van der Waals surface area (Å²) in [5.41, 5.74) is 0. The van der Waals surface area contributed by atoms with E-state index in [2.05, 4.69) is 32.0 Å². The molecule has 1 atom stereocenters. The van der Waals surface area contributed by atoms with E-state index in [4.69, 9.17) is 0 Å². The van der Waals surface area contributed by atoms with Crippen molar-refractivity contribution < 1.29 is 0 Å². The van der Waals surface area contributed by atoms with Crippen molar-refractivity contribution in [3.05, 3.63) is 18.5 Å². The average molecular weight is 277 g/mol. The SMILES string of the molecule is CNC(C)CCCCN1CCN(c2ncccn2)CC1. The summed E-state index contributed by atoms with van der Waals surface area (Å²) in [6.45, 7) is 7.80. The fourth-order valence-corrected chi connectivity index (χ4v) is 2.56. The maximum Gasteiger partial charge on any atom is 0.225 e. The van der Waals surface area contributed by atoms with Gasteiger partial charge in [0.25, 0.3) is 0 Å². The van der Waals surface area contributed by atoms with Crippen molar-refractivity contribution in [3.8, 4) is 0 Å². The van der Waals surface area contributed by atoms with E-state index in [1.54, 1.807) is 0 Å². The van der Waals surface area contributed by atoms with Crippen molar-refractivity contribution in [1.82, 2.24) is 20.2 Å². The second kappa shape index (κ2) is 8.17. The lowest BCUT2D eigenvalue weighted by Crippen LogP contribution is -2.47. The van der Waals surface area contributed by atoms with Gasteiger partial charge in [0.15, 0.2) is 0 Å². The first-order valence-electron chi connectivity index (χ1n) is 7.71. The molecule has 1 aromatic rings. The minimum atomic E-state index is 0.641. The normalized spacial score (nSPS) is 18.2. The number of piperazine rings is 1. The number of rotatable bonds is 7. The molecule has 5 nitrogen and oxygen atoms in total. The van der Waals surface area contributed by atoms with E-state index in [1.165, 1.54) is 25.8 Å². The zero-order valence-electron chi connectivity index (χ0n) is 12.8. The quantitative estimate of drug-likeness (QED) is 0.763. The van der Waals surface area contributed by atoms with Crippen LogP contribution in [0, 0.1) is 0 Å². The molecule has 1 aliphatic heterocycles. The van der Waals surface area contributed by atoms with Crippen LogP contribution >= 0.6 is 0 Å². The summed E-state index contributed by atoms with van der Waals surface area (Å²) in [5, 5.41) is 3.29. The zero-order chi connectivity index (χ0) is 14.2. The van der Waals surface area contributed by atoms with Gasteiger partial charge < -0.3 is 10.2 Å². The monoisotopic (exact) mass is 277 g/mol. The molecule has 0 saturated carbocycles. The van der Waals surface area contributed by atoms with Gasteiger partial charge in [-0.05, 0) is 39.4 Å². The van der Waals surface area contributed by atoms with Gasteiger partial charge in [0.05, 0.1) is 0 Å². The highest BCUT2D eigenvalue weighted by Gasteiger charge is 2.18. The number of unbranched alkanes of at least 4 members (excludes halogenated alkanes) is 1. The molecule has 1 aromatic heterocycles. The molecule has 2 rings (SSSR count). The van der Waals surface area contributed by atoms with Crippen LogP contribution < -0.4 is 10.2 Å². The fraction of sp³-hybridized carbons (Fsp3) is 0.733. The highest BCUT2D eigenvalue weighted by Crippen LogP contribution is 2.10. The molecule has 2 heterocycles. The second-order valence-electron chi connectivity index (χ2n) is 5.56. The predicted octanol–water partition coefficient (Wildman–Crippen LogP) is 1.38. The first-order chi connectivity index (χ1) is 9.79. The number of anilines is 1. The Labute approximate surface area is 122 Å². The molecular formula is C15H27N5. The van der Waals surface area contributed by atoms with E-state index in [1.807, 2.05) is 25.5 Å². The first-order valence-corrected chi connectivity index (χ1v) is 7.71. The van der Waals surface area contributed by atoms with Crippen LogP contribution in [-0.4, -0.2) is 60.7 Å². The van der Waals surface area contributed by atoms with Gasteiger partial charge in [0.2, 0.25) is 5.95 Å². The second-order valence-corrected chi connectivity index (χ2v) is 5.56. The van der Waals surface area contributed by atoms with E-state index in [-0.39, 0.29) is 0 Å². The molecule has 20 heavy (non-hydrogen) atoms. The third-order valence-electron chi connectivity index (χ3n) is 4.06. The minimum Gasteiger partial charge on any atom is -0.338 e. The summed E-state index contributed by atoms with van der Waals surface area (Å²) in [7, 11) is 2.04. The van der Waals surface area contributed by atoms with Gasteiger partial charge in [-0.2, -0.15) is 0 Å². The van der Waals surface area contributed by atoms with Crippen molar-refractivity contribution in [3.63, 3.8) is 0 Å². The third-order valence-corrected chi connectivity index (χ3v) is 4.06. The van der Waals surface area contributed by atoms with Gasteiger partial charge >= 0.3 is 0 Å². The van der Waals surface area contributed by atoms with Crippen molar-refractivity contribution in [2.24, 2.45) is 0 Å².